The van der Waals surface area contributed by atoms with Gasteiger partial charge in [0.1, 0.15) is 17.5 Å². The largest absolute Gasteiger partial charge is 0.494 e. The van der Waals surface area contributed by atoms with E-state index in [0.717, 1.165) is 11.2 Å². The Morgan fingerprint density at radius 2 is 1.65 bits per heavy atom. The third-order valence-corrected chi connectivity index (χ3v) is 5.63. The fourth-order valence-corrected chi connectivity index (χ4v) is 3.14. The van der Waals surface area contributed by atoms with Crippen molar-refractivity contribution in [1.82, 2.24) is 5.01 Å². The molecular formula is C18H29BN4O3. The van der Waals surface area contributed by atoms with Crippen molar-refractivity contribution in [2.45, 2.75) is 63.5 Å². The smallest absolute Gasteiger partial charge is 0.490 e. The van der Waals surface area contributed by atoms with Crippen LogP contribution in [0.2, 0.25) is 0 Å². The van der Waals surface area contributed by atoms with Gasteiger partial charge in [-0.3, -0.25) is 5.01 Å². The van der Waals surface area contributed by atoms with Gasteiger partial charge in [0.05, 0.1) is 11.2 Å². The first kappa shape index (κ1) is 19.0. The molecule has 0 amide bonds. The maximum atomic E-state index is 6.22. The van der Waals surface area contributed by atoms with Crippen molar-refractivity contribution in [3.05, 3.63) is 36.7 Å². The second kappa shape index (κ2) is 6.46. The molecule has 1 saturated heterocycles. The molecule has 1 aliphatic carbocycles. The van der Waals surface area contributed by atoms with E-state index in [1.54, 1.807) is 6.20 Å². The number of ether oxygens (including phenoxy) is 1. The number of hydrogen-bond acceptors (Lipinski definition) is 7. The second-order valence-corrected chi connectivity index (χ2v) is 8.16. The monoisotopic (exact) mass is 360 g/mol. The van der Waals surface area contributed by atoms with Crippen LogP contribution in [0.5, 0.6) is 5.75 Å². The standard InChI is InChI=1S/C18H29BN4O3/c1-16(2)17(3,4)26-19(25-16)13-5-7-14(8-6-13)24-15-11-18(21,12-15)23(22)10-9-20/h5-10,15H,11-12,20-22H2,1-4H3/b10-9-. The number of nitrogens with zero attached hydrogens (tertiary/aromatic N) is 1. The molecule has 1 saturated carbocycles. The Kier molecular flexibility index (Phi) is 4.73. The van der Waals surface area contributed by atoms with E-state index < -0.39 is 5.66 Å². The van der Waals surface area contributed by atoms with Gasteiger partial charge in [-0.15, -0.1) is 0 Å². The lowest BCUT2D eigenvalue weighted by Gasteiger charge is -2.48. The van der Waals surface area contributed by atoms with Gasteiger partial charge in [-0.05, 0) is 45.3 Å². The van der Waals surface area contributed by atoms with Crippen molar-refractivity contribution >= 4 is 12.6 Å². The van der Waals surface area contributed by atoms with Gasteiger partial charge in [0.15, 0.2) is 0 Å². The second-order valence-electron chi connectivity index (χ2n) is 8.16. The quantitative estimate of drug-likeness (QED) is 0.308. The topological polar surface area (TPSA) is 109 Å². The number of hydrogen-bond donors (Lipinski definition) is 3. The molecule has 0 radical (unpaired) electrons. The third kappa shape index (κ3) is 3.42. The zero-order chi connectivity index (χ0) is 19.2. The lowest BCUT2D eigenvalue weighted by atomic mass is 9.79. The Morgan fingerprint density at radius 1 is 1.12 bits per heavy atom. The fourth-order valence-electron chi connectivity index (χ4n) is 3.14. The molecule has 6 N–H and O–H groups in total. The molecule has 0 unspecified atom stereocenters. The fraction of sp³-hybridized carbons (Fsp3) is 0.556. The first-order chi connectivity index (χ1) is 12.1. The Labute approximate surface area is 155 Å². The maximum absolute atomic E-state index is 6.22. The van der Waals surface area contributed by atoms with Crippen LogP contribution in [0.25, 0.3) is 0 Å². The summed E-state index contributed by atoms with van der Waals surface area (Å²) in [6, 6.07) is 7.80. The summed E-state index contributed by atoms with van der Waals surface area (Å²) in [6.07, 6.45) is 4.23. The molecule has 0 atom stereocenters. The van der Waals surface area contributed by atoms with Gasteiger partial charge in [-0.1, -0.05) is 12.1 Å². The molecule has 1 aromatic carbocycles. The highest BCUT2D eigenvalue weighted by molar-refractivity contribution is 6.62. The number of rotatable bonds is 5. The van der Waals surface area contributed by atoms with E-state index in [0.29, 0.717) is 12.8 Å². The minimum absolute atomic E-state index is 0.0277. The molecule has 3 rings (SSSR count). The molecular weight excluding hydrogens is 331 g/mol. The highest BCUT2D eigenvalue weighted by Crippen LogP contribution is 2.37. The minimum Gasteiger partial charge on any atom is -0.490 e. The van der Waals surface area contributed by atoms with E-state index in [-0.39, 0.29) is 24.4 Å². The van der Waals surface area contributed by atoms with Crippen molar-refractivity contribution < 1.29 is 14.0 Å². The number of benzene rings is 1. The number of nitrogens with two attached hydrogens (primary N) is 3. The molecule has 0 aromatic heterocycles. The minimum atomic E-state index is -0.608. The van der Waals surface area contributed by atoms with Gasteiger partial charge in [0, 0.05) is 25.2 Å². The summed E-state index contributed by atoms with van der Waals surface area (Å²) < 4.78 is 18.1. The highest BCUT2D eigenvalue weighted by Gasteiger charge is 2.51. The van der Waals surface area contributed by atoms with Gasteiger partial charge in [-0.25, -0.2) is 5.84 Å². The summed E-state index contributed by atoms with van der Waals surface area (Å²) in [5, 5.41) is 1.44. The Morgan fingerprint density at radius 3 is 2.15 bits per heavy atom. The molecule has 1 aliphatic heterocycles. The third-order valence-electron chi connectivity index (χ3n) is 5.63. The lowest BCUT2D eigenvalue weighted by Crippen LogP contribution is -2.67. The molecule has 0 spiro atoms. The molecule has 7 nitrogen and oxygen atoms in total. The van der Waals surface area contributed by atoms with Gasteiger partial charge in [0.25, 0.3) is 0 Å². The summed E-state index contributed by atoms with van der Waals surface area (Å²) in [7, 11) is -0.372. The molecule has 0 bridgehead atoms. The summed E-state index contributed by atoms with van der Waals surface area (Å²) in [4.78, 5) is 0. The SMILES string of the molecule is CC1(C)OB(c2ccc(OC3CC(N)(N(N)/C=C\N)C3)cc2)OC1(C)C. The van der Waals surface area contributed by atoms with Gasteiger partial charge in [0.2, 0.25) is 0 Å². The van der Waals surface area contributed by atoms with E-state index >= 15 is 0 Å². The van der Waals surface area contributed by atoms with Crippen LogP contribution in [0.3, 0.4) is 0 Å². The summed E-state index contributed by atoms with van der Waals surface area (Å²) in [6.45, 7) is 8.17. The van der Waals surface area contributed by atoms with Crippen LogP contribution in [0.1, 0.15) is 40.5 Å². The average molecular weight is 360 g/mol. The molecule has 8 heteroatoms. The summed E-state index contributed by atoms with van der Waals surface area (Å²) >= 11 is 0. The van der Waals surface area contributed by atoms with Crippen LogP contribution in [0.15, 0.2) is 36.7 Å². The van der Waals surface area contributed by atoms with Crippen molar-refractivity contribution in [2.75, 3.05) is 0 Å². The maximum Gasteiger partial charge on any atom is 0.494 e. The van der Waals surface area contributed by atoms with E-state index in [1.165, 1.54) is 11.2 Å². The summed E-state index contributed by atoms with van der Waals surface area (Å²) in [5.41, 5.74) is 11.2. The lowest BCUT2D eigenvalue weighted by molar-refractivity contribution is -0.0377. The van der Waals surface area contributed by atoms with Gasteiger partial charge < -0.3 is 25.5 Å². The van der Waals surface area contributed by atoms with Gasteiger partial charge >= 0.3 is 7.12 Å². The Hall–Kier alpha value is -1.74. The molecule has 142 valence electrons. The van der Waals surface area contributed by atoms with Crippen molar-refractivity contribution in [3.63, 3.8) is 0 Å². The molecule has 1 aromatic rings. The molecule has 1 heterocycles. The zero-order valence-electron chi connectivity index (χ0n) is 15.9. The normalized spacial score (nSPS) is 29.6. The van der Waals surface area contributed by atoms with Crippen LogP contribution >= 0.6 is 0 Å². The van der Waals surface area contributed by atoms with Crippen molar-refractivity contribution in [3.8, 4) is 5.75 Å². The van der Waals surface area contributed by atoms with E-state index in [9.17, 15) is 0 Å². The molecule has 26 heavy (non-hydrogen) atoms. The Balaban J connectivity index is 1.57. The van der Waals surface area contributed by atoms with Crippen LogP contribution in [0.4, 0.5) is 0 Å². The van der Waals surface area contributed by atoms with E-state index in [1.807, 2.05) is 52.0 Å². The zero-order valence-corrected chi connectivity index (χ0v) is 15.9. The first-order valence-corrected chi connectivity index (χ1v) is 8.90. The van der Waals surface area contributed by atoms with E-state index in [4.69, 9.17) is 31.4 Å². The van der Waals surface area contributed by atoms with Crippen LogP contribution in [-0.2, 0) is 9.31 Å². The average Bonchev–Trinajstić information content (AvgIpc) is 2.74. The Bertz CT molecular complexity index is 656. The molecule has 2 aliphatic rings. The highest BCUT2D eigenvalue weighted by atomic mass is 16.7. The van der Waals surface area contributed by atoms with Crippen molar-refractivity contribution in [1.29, 1.82) is 0 Å². The van der Waals surface area contributed by atoms with Crippen molar-refractivity contribution in [2.24, 2.45) is 17.3 Å². The van der Waals surface area contributed by atoms with Crippen LogP contribution in [-0.4, -0.2) is 35.1 Å². The van der Waals surface area contributed by atoms with Gasteiger partial charge in [-0.2, -0.15) is 0 Å². The number of hydrazine groups is 1. The molecule has 2 fully saturated rings. The van der Waals surface area contributed by atoms with E-state index in [2.05, 4.69) is 0 Å². The first-order valence-electron chi connectivity index (χ1n) is 8.90. The summed E-state index contributed by atoms with van der Waals surface area (Å²) in [5.74, 6) is 6.66. The predicted octanol–water partition coefficient (Wildman–Crippen LogP) is 0.788. The van der Waals surface area contributed by atoms with Crippen LogP contribution < -0.4 is 27.5 Å². The predicted molar refractivity (Wildman–Crippen MR) is 102 cm³/mol. The van der Waals surface area contributed by atoms with Crippen LogP contribution in [0, 0.1) is 0 Å².